The highest BCUT2D eigenvalue weighted by molar-refractivity contribution is 5.90. The summed E-state index contributed by atoms with van der Waals surface area (Å²) in [5.41, 5.74) is 1.78. The molecular weight excluding hydrogens is 190 g/mol. The van der Waals surface area contributed by atoms with Crippen LogP contribution in [0.5, 0.6) is 5.75 Å². The predicted molar refractivity (Wildman–Crippen MR) is 56.7 cm³/mol. The number of rotatable bonds is 2. The fraction of sp³-hybridized carbons (Fsp3) is 0. The average molecular weight is 199 g/mol. The molecule has 0 unspecified atom stereocenters. The number of carbonyl (C=O) groups excluding carboxylic acids is 1. The first-order valence-electron chi connectivity index (χ1n) is 4.50. The molecule has 0 radical (unpaired) electrons. The number of nitrogens with zero attached hydrogens (tertiary/aromatic N) is 1. The van der Waals surface area contributed by atoms with Crippen molar-refractivity contribution in [3.05, 3.63) is 48.3 Å². The van der Waals surface area contributed by atoms with E-state index in [1.54, 1.807) is 6.20 Å². The molecule has 15 heavy (non-hydrogen) atoms. The molecule has 0 saturated carbocycles. The van der Waals surface area contributed by atoms with Gasteiger partial charge in [0.2, 0.25) is 0 Å². The van der Waals surface area contributed by atoms with Gasteiger partial charge in [-0.3, -0.25) is 9.78 Å². The van der Waals surface area contributed by atoms with Crippen LogP contribution in [0.4, 0.5) is 0 Å². The number of aromatic hydroxyl groups is 1. The van der Waals surface area contributed by atoms with E-state index in [-0.39, 0.29) is 11.3 Å². The summed E-state index contributed by atoms with van der Waals surface area (Å²) in [6.45, 7) is 0. The molecule has 3 heteroatoms. The van der Waals surface area contributed by atoms with Gasteiger partial charge >= 0.3 is 0 Å². The van der Waals surface area contributed by atoms with Gasteiger partial charge in [0.15, 0.2) is 6.29 Å². The summed E-state index contributed by atoms with van der Waals surface area (Å²) in [4.78, 5) is 14.7. The Morgan fingerprint density at radius 2 is 1.87 bits per heavy atom. The summed E-state index contributed by atoms with van der Waals surface area (Å²) in [6, 6.07) is 9.36. The average Bonchev–Trinajstić information content (AvgIpc) is 2.30. The fourth-order valence-electron chi connectivity index (χ4n) is 1.43. The van der Waals surface area contributed by atoms with E-state index in [0.717, 1.165) is 5.56 Å². The lowest BCUT2D eigenvalue weighted by Crippen LogP contribution is -1.89. The quantitative estimate of drug-likeness (QED) is 0.755. The van der Waals surface area contributed by atoms with E-state index < -0.39 is 0 Å². The van der Waals surface area contributed by atoms with Crippen LogP contribution >= 0.6 is 0 Å². The van der Waals surface area contributed by atoms with Crippen molar-refractivity contribution in [2.24, 2.45) is 0 Å². The summed E-state index contributed by atoms with van der Waals surface area (Å²) in [5, 5.41) is 9.46. The van der Waals surface area contributed by atoms with Crippen LogP contribution in [0.25, 0.3) is 11.1 Å². The third-order valence-electron chi connectivity index (χ3n) is 2.17. The van der Waals surface area contributed by atoms with Gasteiger partial charge in [-0.1, -0.05) is 30.3 Å². The van der Waals surface area contributed by atoms with Gasteiger partial charge in [-0.05, 0) is 5.56 Å². The van der Waals surface area contributed by atoms with Gasteiger partial charge in [0.1, 0.15) is 5.75 Å². The molecule has 0 spiro atoms. The van der Waals surface area contributed by atoms with Gasteiger partial charge in [0.25, 0.3) is 0 Å². The highest BCUT2D eigenvalue weighted by Gasteiger charge is 2.08. The standard InChI is InChI=1S/C12H9NO2/c14-8-11-10(6-13-7-12(11)15)9-4-2-1-3-5-9/h1-8,15H. The van der Waals surface area contributed by atoms with Gasteiger partial charge in [-0.25, -0.2) is 0 Å². The maximum atomic E-state index is 10.8. The minimum absolute atomic E-state index is 0.0913. The van der Waals surface area contributed by atoms with Gasteiger partial charge < -0.3 is 5.11 Å². The van der Waals surface area contributed by atoms with Crippen LogP contribution in [0.15, 0.2) is 42.7 Å². The van der Waals surface area contributed by atoms with Crippen molar-refractivity contribution in [1.29, 1.82) is 0 Å². The van der Waals surface area contributed by atoms with Crippen LogP contribution in [0.2, 0.25) is 0 Å². The lowest BCUT2D eigenvalue weighted by Gasteiger charge is -2.05. The third-order valence-corrected chi connectivity index (χ3v) is 2.17. The highest BCUT2D eigenvalue weighted by atomic mass is 16.3. The molecule has 0 aliphatic heterocycles. The third kappa shape index (κ3) is 1.72. The Kier molecular flexibility index (Phi) is 2.46. The number of carbonyl (C=O) groups is 1. The second-order valence-electron chi connectivity index (χ2n) is 3.10. The largest absolute Gasteiger partial charge is 0.506 e. The maximum absolute atomic E-state index is 10.8. The smallest absolute Gasteiger partial charge is 0.154 e. The predicted octanol–water partition coefficient (Wildman–Crippen LogP) is 2.27. The molecule has 0 atom stereocenters. The molecule has 0 aliphatic carbocycles. The van der Waals surface area contributed by atoms with E-state index in [9.17, 15) is 9.90 Å². The second-order valence-corrected chi connectivity index (χ2v) is 3.10. The molecule has 1 heterocycles. The van der Waals surface area contributed by atoms with Crippen LogP contribution in [-0.2, 0) is 0 Å². The Balaban J connectivity index is 2.63. The number of aromatic nitrogens is 1. The molecule has 0 fully saturated rings. The number of pyridine rings is 1. The molecule has 0 saturated heterocycles. The maximum Gasteiger partial charge on any atom is 0.154 e. The molecule has 2 aromatic rings. The van der Waals surface area contributed by atoms with Crippen LogP contribution in [0, 0.1) is 0 Å². The van der Waals surface area contributed by atoms with Crippen molar-refractivity contribution < 1.29 is 9.90 Å². The SMILES string of the molecule is O=Cc1c(O)cncc1-c1ccccc1. The van der Waals surface area contributed by atoms with E-state index in [4.69, 9.17) is 0 Å². The molecule has 1 aromatic heterocycles. The van der Waals surface area contributed by atoms with Gasteiger partial charge in [-0.2, -0.15) is 0 Å². The summed E-state index contributed by atoms with van der Waals surface area (Å²) in [7, 11) is 0. The van der Waals surface area contributed by atoms with Crippen molar-refractivity contribution in [1.82, 2.24) is 4.98 Å². The van der Waals surface area contributed by atoms with Crippen molar-refractivity contribution >= 4 is 6.29 Å². The van der Waals surface area contributed by atoms with E-state index in [1.165, 1.54) is 6.20 Å². The molecule has 1 N–H and O–H groups in total. The Bertz CT molecular complexity index is 480. The zero-order valence-electron chi connectivity index (χ0n) is 7.92. The lowest BCUT2D eigenvalue weighted by atomic mass is 10.0. The van der Waals surface area contributed by atoms with Crippen LogP contribution in [-0.4, -0.2) is 16.4 Å². The summed E-state index contributed by atoms with van der Waals surface area (Å²) in [6.07, 6.45) is 3.47. The fourth-order valence-corrected chi connectivity index (χ4v) is 1.43. The number of aldehydes is 1. The first-order valence-corrected chi connectivity index (χ1v) is 4.50. The zero-order chi connectivity index (χ0) is 10.7. The normalized spacial score (nSPS) is 9.87. The Labute approximate surface area is 87.0 Å². The minimum Gasteiger partial charge on any atom is -0.506 e. The summed E-state index contributed by atoms with van der Waals surface area (Å²) in [5.74, 6) is -0.0913. The molecule has 0 aliphatic rings. The van der Waals surface area contributed by atoms with Crippen molar-refractivity contribution in [3.63, 3.8) is 0 Å². The van der Waals surface area contributed by atoms with E-state index in [2.05, 4.69) is 4.98 Å². The minimum atomic E-state index is -0.0913. The number of hydrogen-bond acceptors (Lipinski definition) is 3. The van der Waals surface area contributed by atoms with Gasteiger partial charge in [0.05, 0.1) is 11.8 Å². The second kappa shape index (κ2) is 3.92. The highest BCUT2D eigenvalue weighted by Crippen LogP contribution is 2.26. The van der Waals surface area contributed by atoms with Crippen LogP contribution in [0.3, 0.4) is 0 Å². The van der Waals surface area contributed by atoms with Crippen molar-refractivity contribution in [2.75, 3.05) is 0 Å². The van der Waals surface area contributed by atoms with Gasteiger partial charge in [0, 0.05) is 11.8 Å². The first kappa shape index (κ1) is 9.40. The zero-order valence-corrected chi connectivity index (χ0v) is 7.92. The van der Waals surface area contributed by atoms with Crippen molar-refractivity contribution in [2.45, 2.75) is 0 Å². The Morgan fingerprint density at radius 3 is 2.53 bits per heavy atom. The summed E-state index contributed by atoms with van der Waals surface area (Å²) >= 11 is 0. The molecule has 1 aromatic carbocycles. The molecule has 0 bridgehead atoms. The molecule has 2 rings (SSSR count). The lowest BCUT2D eigenvalue weighted by molar-refractivity contribution is 0.112. The number of hydrogen-bond donors (Lipinski definition) is 1. The van der Waals surface area contributed by atoms with Crippen LogP contribution in [0.1, 0.15) is 10.4 Å². The monoisotopic (exact) mass is 199 g/mol. The van der Waals surface area contributed by atoms with Crippen LogP contribution < -0.4 is 0 Å². The number of benzene rings is 1. The molecule has 74 valence electrons. The topological polar surface area (TPSA) is 50.2 Å². The van der Waals surface area contributed by atoms with E-state index in [1.807, 2.05) is 30.3 Å². The van der Waals surface area contributed by atoms with Crippen molar-refractivity contribution in [3.8, 4) is 16.9 Å². The Hall–Kier alpha value is -2.16. The molecular formula is C12H9NO2. The van der Waals surface area contributed by atoms with E-state index >= 15 is 0 Å². The first-order chi connectivity index (χ1) is 7.33. The Morgan fingerprint density at radius 1 is 1.13 bits per heavy atom. The molecule has 0 amide bonds. The van der Waals surface area contributed by atoms with Gasteiger partial charge in [-0.15, -0.1) is 0 Å². The molecule has 3 nitrogen and oxygen atoms in total. The van der Waals surface area contributed by atoms with E-state index in [0.29, 0.717) is 11.8 Å². The summed E-state index contributed by atoms with van der Waals surface area (Å²) < 4.78 is 0.